The average molecular weight is 351 g/mol. The van der Waals surface area contributed by atoms with Crippen LogP contribution >= 0.6 is 0 Å². The number of H-pyrrole nitrogens is 1. The molecule has 1 atom stereocenters. The van der Waals surface area contributed by atoms with E-state index in [9.17, 15) is 0 Å². The highest BCUT2D eigenvalue weighted by molar-refractivity contribution is 5.76. The maximum absolute atomic E-state index is 5.56. The van der Waals surface area contributed by atoms with Gasteiger partial charge in [0.15, 0.2) is 0 Å². The molecule has 0 saturated carbocycles. The monoisotopic (exact) mass is 351 g/mol. The largest absolute Gasteiger partial charge is 0.497 e. The Morgan fingerprint density at radius 3 is 2.92 bits per heavy atom. The minimum atomic E-state index is 0.516. The Labute approximate surface area is 153 Å². The van der Waals surface area contributed by atoms with E-state index in [1.807, 2.05) is 24.4 Å². The third-order valence-electron chi connectivity index (χ3n) is 5.25. The van der Waals surface area contributed by atoms with Gasteiger partial charge >= 0.3 is 0 Å². The van der Waals surface area contributed by atoms with Gasteiger partial charge in [0, 0.05) is 47.9 Å². The Morgan fingerprint density at radius 2 is 2.12 bits per heavy atom. The Balaban J connectivity index is 1.50. The normalized spacial score (nSPS) is 18.2. The molecule has 136 valence electrons. The summed E-state index contributed by atoms with van der Waals surface area (Å²) in [6.07, 6.45) is 4.25. The lowest BCUT2D eigenvalue weighted by Gasteiger charge is -2.32. The van der Waals surface area contributed by atoms with Crippen LogP contribution in [0.3, 0.4) is 0 Å². The minimum absolute atomic E-state index is 0.516. The highest BCUT2D eigenvalue weighted by atomic mass is 16.5. The van der Waals surface area contributed by atoms with Crippen molar-refractivity contribution in [2.24, 2.45) is 0 Å². The third kappa shape index (κ3) is 3.40. The van der Waals surface area contributed by atoms with Crippen LogP contribution in [0.15, 0.2) is 42.6 Å². The highest BCUT2D eigenvalue weighted by Gasteiger charge is 2.23. The zero-order valence-electron chi connectivity index (χ0n) is 15.4. The predicted octanol–water partition coefficient (Wildman–Crippen LogP) is 3.96. The molecular weight excluding hydrogens is 326 g/mol. The van der Waals surface area contributed by atoms with Crippen molar-refractivity contribution in [1.82, 2.24) is 14.9 Å². The molecule has 1 aromatic carbocycles. The van der Waals surface area contributed by atoms with Crippen molar-refractivity contribution in [3.63, 3.8) is 0 Å². The van der Waals surface area contributed by atoms with Crippen molar-refractivity contribution in [2.75, 3.05) is 27.3 Å². The molecule has 5 nitrogen and oxygen atoms in total. The molecule has 1 unspecified atom stereocenters. The van der Waals surface area contributed by atoms with Crippen LogP contribution in [0.4, 0.5) is 0 Å². The number of nitrogens with one attached hydrogen (secondary N) is 1. The van der Waals surface area contributed by atoms with Crippen molar-refractivity contribution in [2.45, 2.75) is 25.3 Å². The standard InChI is InChI=1S/C21H25N3O2/c1-25-18-8-7-17(20(12-18)26-2)14-24-10-4-6-16(13-24)19-11-15-5-3-9-22-21(15)23-19/h3,5,7-9,11-12,16H,4,6,10,13-14H2,1-2H3,(H,22,23). The van der Waals surface area contributed by atoms with Crippen molar-refractivity contribution >= 4 is 11.0 Å². The summed E-state index contributed by atoms with van der Waals surface area (Å²) in [5, 5.41) is 1.19. The summed E-state index contributed by atoms with van der Waals surface area (Å²) >= 11 is 0. The van der Waals surface area contributed by atoms with Crippen LogP contribution < -0.4 is 9.47 Å². The number of aromatic amines is 1. The topological polar surface area (TPSA) is 50.4 Å². The smallest absolute Gasteiger partial charge is 0.137 e. The van der Waals surface area contributed by atoms with Gasteiger partial charge in [-0.25, -0.2) is 4.98 Å². The zero-order chi connectivity index (χ0) is 17.9. The molecule has 0 radical (unpaired) electrons. The fourth-order valence-corrected chi connectivity index (χ4v) is 3.88. The van der Waals surface area contributed by atoms with Crippen LogP contribution in [0.25, 0.3) is 11.0 Å². The number of likely N-dealkylation sites (tertiary alicyclic amines) is 1. The van der Waals surface area contributed by atoms with E-state index in [2.05, 4.69) is 33.1 Å². The van der Waals surface area contributed by atoms with Crippen LogP contribution in [0.2, 0.25) is 0 Å². The molecule has 0 aliphatic carbocycles. The van der Waals surface area contributed by atoms with E-state index in [4.69, 9.17) is 9.47 Å². The van der Waals surface area contributed by atoms with Crippen LogP contribution in [0.1, 0.15) is 30.0 Å². The van der Waals surface area contributed by atoms with E-state index < -0.39 is 0 Å². The second-order valence-corrected chi connectivity index (χ2v) is 6.92. The number of hydrogen-bond donors (Lipinski definition) is 1. The van der Waals surface area contributed by atoms with E-state index in [1.54, 1.807) is 14.2 Å². The molecule has 4 rings (SSSR count). The van der Waals surface area contributed by atoms with Crippen molar-refractivity contribution in [3.05, 3.63) is 53.9 Å². The van der Waals surface area contributed by atoms with Crippen LogP contribution in [0.5, 0.6) is 11.5 Å². The van der Waals surface area contributed by atoms with Gasteiger partial charge in [0.25, 0.3) is 0 Å². The summed E-state index contributed by atoms with van der Waals surface area (Å²) in [5.41, 5.74) is 3.48. The van der Waals surface area contributed by atoms with Crippen molar-refractivity contribution in [3.8, 4) is 11.5 Å². The van der Waals surface area contributed by atoms with Gasteiger partial charge in [-0.05, 0) is 43.7 Å². The first kappa shape index (κ1) is 16.9. The summed E-state index contributed by atoms with van der Waals surface area (Å²) in [6, 6.07) is 12.4. The number of methoxy groups -OCH3 is 2. The van der Waals surface area contributed by atoms with Crippen molar-refractivity contribution in [1.29, 1.82) is 0 Å². The molecule has 0 amide bonds. The maximum atomic E-state index is 5.56. The molecule has 1 aliphatic heterocycles. The first-order valence-electron chi connectivity index (χ1n) is 9.13. The molecule has 0 spiro atoms. The number of nitrogens with zero attached hydrogens (tertiary/aromatic N) is 2. The number of benzene rings is 1. The number of fused-ring (bicyclic) bond motifs is 1. The number of rotatable bonds is 5. The van der Waals surface area contributed by atoms with Gasteiger partial charge in [0.1, 0.15) is 17.1 Å². The van der Waals surface area contributed by atoms with Crippen LogP contribution in [0, 0.1) is 0 Å². The van der Waals surface area contributed by atoms with E-state index >= 15 is 0 Å². The van der Waals surface area contributed by atoms with E-state index in [-0.39, 0.29) is 0 Å². The second kappa shape index (κ2) is 7.38. The number of ether oxygens (including phenoxy) is 2. The molecule has 26 heavy (non-hydrogen) atoms. The molecule has 2 aromatic heterocycles. The Kier molecular flexibility index (Phi) is 4.80. The van der Waals surface area contributed by atoms with Crippen LogP contribution in [-0.4, -0.2) is 42.2 Å². The first-order valence-corrected chi connectivity index (χ1v) is 9.13. The zero-order valence-corrected chi connectivity index (χ0v) is 15.4. The summed E-state index contributed by atoms with van der Waals surface area (Å²) in [4.78, 5) is 10.4. The molecule has 1 fully saturated rings. The van der Waals surface area contributed by atoms with Gasteiger partial charge in [-0.1, -0.05) is 6.07 Å². The second-order valence-electron chi connectivity index (χ2n) is 6.92. The molecule has 0 bridgehead atoms. The first-order chi connectivity index (χ1) is 12.8. The highest BCUT2D eigenvalue weighted by Crippen LogP contribution is 2.31. The van der Waals surface area contributed by atoms with Crippen molar-refractivity contribution < 1.29 is 9.47 Å². The average Bonchev–Trinajstić information content (AvgIpc) is 3.13. The van der Waals surface area contributed by atoms with E-state index in [0.29, 0.717) is 5.92 Å². The Bertz CT molecular complexity index is 857. The fourth-order valence-electron chi connectivity index (χ4n) is 3.88. The number of pyridine rings is 1. The third-order valence-corrected chi connectivity index (χ3v) is 5.25. The Morgan fingerprint density at radius 1 is 1.19 bits per heavy atom. The summed E-state index contributed by atoms with van der Waals surface area (Å²) in [5.74, 6) is 2.23. The van der Waals surface area contributed by atoms with Crippen LogP contribution in [-0.2, 0) is 6.54 Å². The molecule has 1 saturated heterocycles. The van der Waals surface area contributed by atoms with Gasteiger partial charge in [-0.2, -0.15) is 0 Å². The van der Waals surface area contributed by atoms with Gasteiger partial charge in [0.05, 0.1) is 14.2 Å². The van der Waals surface area contributed by atoms with E-state index in [1.165, 1.54) is 29.5 Å². The quantitative estimate of drug-likeness (QED) is 0.756. The minimum Gasteiger partial charge on any atom is -0.497 e. The van der Waals surface area contributed by atoms with Gasteiger partial charge < -0.3 is 14.5 Å². The molecule has 1 aliphatic rings. The maximum Gasteiger partial charge on any atom is 0.137 e. The van der Waals surface area contributed by atoms with Gasteiger partial charge in [-0.15, -0.1) is 0 Å². The number of hydrogen-bond acceptors (Lipinski definition) is 4. The molecule has 1 N–H and O–H groups in total. The summed E-state index contributed by atoms with van der Waals surface area (Å²) < 4.78 is 10.9. The lowest BCUT2D eigenvalue weighted by Crippen LogP contribution is -2.34. The molecule has 5 heteroatoms. The summed E-state index contributed by atoms with van der Waals surface area (Å²) in [6.45, 7) is 3.05. The van der Waals surface area contributed by atoms with Gasteiger partial charge in [0.2, 0.25) is 0 Å². The van der Waals surface area contributed by atoms with E-state index in [0.717, 1.165) is 36.8 Å². The molecule has 3 aromatic rings. The molecule has 3 heterocycles. The molecular formula is C21H25N3O2. The lowest BCUT2D eigenvalue weighted by molar-refractivity contribution is 0.196. The predicted molar refractivity (Wildman–Crippen MR) is 103 cm³/mol. The lowest BCUT2D eigenvalue weighted by atomic mass is 9.94. The van der Waals surface area contributed by atoms with Gasteiger partial charge in [-0.3, -0.25) is 4.90 Å². The number of aromatic nitrogens is 2. The SMILES string of the molecule is COc1ccc(CN2CCCC(c3cc4cccnc4[nH]3)C2)c(OC)c1. The summed E-state index contributed by atoms with van der Waals surface area (Å²) in [7, 11) is 3.40. The Hall–Kier alpha value is -2.53. The fraction of sp³-hybridized carbons (Fsp3) is 0.381. The number of piperidine rings is 1.